The smallest absolute Gasteiger partial charge is 0.244 e. The standard InChI is InChI=1S/C17H16N6O2/c1-2-6-18-13(3-1)9-19-16-10-21-23-17(22-16)20-8-12-4-5-14-15(7-12)25-11-24-14/h1-7,10H,8-9,11H2,(H2,19,20,22,23). The molecule has 0 saturated heterocycles. The highest BCUT2D eigenvalue weighted by Gasteiger charge is 2.13. The summed E-state index contributed by atoms with van der Waals surface area (Å²) in [4.78, 5) is 8.65. The minimum atomic E-state index is 0.267. The Balaban J connectivity index is 1.36. The van der Waals surface area contributed by atoms with E-state index in [1.165, 1.54) is 0 Å². The maximum atomic E-state index is 5.37. The Morgan fingerprint density at radius 2 is 1.96 bits per heavy atom. The molecule has 3 aromatic rings. The van der Waals surface area contributed by atoms with Crippen LogP contribution in [0.4, 0.5) is 11.8 Å². The van der Waals surface area contributed by atoms with Crippen LogP contribution in [0.25, 0.3) is 0 Å². The lowest BCUT2D eigenvalue weighted by Crippen LogP contribution is -2.08. The van der Waals surface area contributed by atoms with Crippen LogP contribution < -0.4 is 20.1 Å². The fraction of sp³-hybridized carbons (Fsp3) is 0.176. The van der Waals surface area contributed by atoms with Crippen LogP contribution in [-0.2, 0) is 13.1 Å². The summed E-state index contributed by atoms with van der Waals surface area (Å²) in [6.45, 7) is 1.40. The molecule has 8 heteroatoms. The van der Waals surface area contributed by atoms with E-state index in [4.69, 9.17) is 9.47 Å². The molecule has 0 unspecified atom stereocenters. The van der Waals surface area contributed by atoms with Crippen LogP contribution in [0, 0.1) is 0 Å². The molecule has 0 atom stereocenters. The van der Waals surface area contributed by atoms with Gasteiger partial charge in [-0.25, -0.2) is 0 Å². The van der Waals surface area contributed by atoms with E-state index in [9.17, 15) is 0 Å². The maximum Gasteiger partial charge on any atom is 0.244 e. The van der Waals surface area contributed by atoms with Crippen molar-refractivity contribution in [3.63, 3.8) is 0 Å². The van der Waals surface area contributed by atoms with Gasteiger partial charge in [-0.15, -0.1) is 5.10 Å². The van der Waals surface area contributed by atoms with E-state index >= 15 is 0 Å². The van der Waals surface area contributed by atoms with Gasteiger partial charge in [0.25, 0.3) is 0 Å². The average molecular weight is 336 g/mol. The van der Waals surface area contributed by atoms with E-state index < -0.39 is 0 Å². The van der Waals surface area contributed by atoms with Crippen molar-refractivity contribution in [3.8, 4) is 11.5 Å². The lowest BCUT2D eigenvalue weighted by Gasteiger charge is -2.08. The zero-order valence-electron chi connectivity index (χ0n) is 13.3. The number of fused-ring (bicyclic) bond motifs is 1. The van der Waals surface area contributed by atoms with Gasteiger partial charge in [0.15, 0.2) is 17.3 Å². The molecule has 126 valence electrons. The maximum absolute atomic E-state index is 5.37. The van der Waals surface area contributed by atoms with E-state index in [2.05, 4.69) is 30.8 Å². The second kappa shape index (κ2) is 7.00. The van der Waals surface area contributed by atoms with Crippen molar-refractivity contribution in [1.29, 1.82) is 0 Å². The Kier molecular flexibility index (Phi) is 4.23. The highest BCUT2D eigenvalue weighted by molar-refractivity contribution is 5.45. The topological polar surface area (TPSA) is 94.1 Å². The third-order valence-corrected chi connectivity index (χ3v) is 3.62. The molecule has 0 fully saturated rings. The summed E-state index contributed by atoms with van der Waals surface area (Å²) in [5.74, 6) is 2.60. The second-order valence-corrected chi connectivity index (χ2v) is 5.38. The normalized spacial score (nSPS) is 12.0. The van der Waals surface area contributed by atoms with Gasteiger partial charge in [-0.1, -0.05) is 12.1 Å². The highest BCUT2D eigenvalue weighted by Crippen LogP contribution is 2.32. The van der Waals surface area contributed by atoms with Gasteiger partial charge in [-0.2, -0.15) is 10.1 Å². The number of benzene rings is 1. The Morgan fingerprint density at radius 1 is 1.00 bits per heavy atom. The fourth-order valence-electron chi connectivity index (χ4n) is 2.38. The molecule has 0 bridgehead atoms. The summed E-state index contributed by atoms with van der Waals surface area (Å²) in [7, 11) is 0. The molecule has 3 heterocycles. The Bertz CT molecular complexity index is 859. The Labute approximate surface area is 144 Å². The van der Waals surface area contributed by atoms with Gasteiger partial charge in [-0.3, -0.25) is 4.98 Å². The van der Waals surface area contributed by atoms with Crippen molar-refractivity contribution in [3.05, 3.63) is 60.0 Å². The number of rotatable bonds is 6. The molecule has 0 amide bonds. The van der Waals surface area contributed by atoms with Crippen molar-refractivity contribution in [2.45, 2.75) is 13.1 Å². The highest BCUT2D eigenvalue weighted by atomic mass is 16.7. The first-order valence-corrected chi connectivity index (χ1v) is 7.83. The summed E-state index contributed by atoms with van der Waals surface area (Å²) in [5, 5.41) is 14.3. The summed E-state index contributed by atoms with van der Waals surface area (Å²) in [6, 6.07) is 11.6. The molecule has 1 aliphatic heterocycles. The third-order valence-electron chi connectivity index (χ3n) is 3.62. The number of hydrogen-bond donors (Lipinski definition) is 2. The van der Waals surface area contributed by atoms with Crippen LogP contribution in [0.15, 0.2) is 48.8 Å². The monoisotopic (exact) mass is 336 g/mol. The number of nitrogens with one attached hydrogen (secondary N) is 2. The number of hydrogen-bond acceptors (Lipinski definition) is 8. The molecular formula is C17H16N6O2. The van der Waals surface area contributed by atoms with Gasteiger partial charge in [0.05, 0.1) is 18.4 Å². The predicted molar refractivity (Wildman–Crippen MR) is 91.3 cm³/mol. The van der Waals surface area contributed by atoms with Crippen LogP contribution in [0.2, 0.25) is 0 Å². The average Bonchev–Trinajstić information content (AvgIpc) is 3.14. The van der Waals surface area contributed by atoms with E-state index in [1.54, 1.807) is 12.4 Å². The first kappa shape index (κ1) is 15.1. The lowest BCUT2D eigenvalue weighted by atomic mass is 10.2. The van der Waals surface area contributed by atoms with Crippen molar-refractivity contribution >= 4 is 11.8 Å². The van der Waals surface area contributed by atoms with E-state index in [1.807, 2.05) is 36.4 Å². The minimum Gasteiger partial charge on any atom is -0.454 e. The van der Waals surface area contributed by atoms with Crippen molar-refractivity contribution in [1.82, 2.24) is 20.2 Å². The number of ether oxygens (including phenoxy) is 2. The Hall–Kier alpha value is -3.42. The van der Waals surface area contributed by atoms with Crippen LogP contribution in [0.3, 0.4) is 0 Å². The molecule has 0 radical (unpaired) electrons. The first-order valence-electron chi connectivity index (χ1n) is 7.83. The van der Waals surface area contributed by atoms with Crippen LogP contribution >= 0.6 is 0 Å². The molecule has 1 aliphatic rings. The van der Waals surface area contributed by atoms with Crippen LogP contribution in [0.1, 0.15) is 11.3 Å². The summed E-state index contributed by atoms with van der Waals surface area (Å²) >= 11 is 0. The van der Waals surface area contributed by atoms with Gasteiger partial charge >= 0.3 is 0 Å². The van der Waals surface area contributed by atoms with Crippen molar-refractivity contribution in [2.24, 2.45) is 0 Å². The molecule has 0 spiro atoms. The summed E-state index contributed by atoms with van der Waals surface area (Å²) in [6.07, 6.45) is 3.34. The molecule has 2 N–H and O–H groups in total. The third kappa shape index (κ3) is 3.74. The van der Waals surface area contributed by atoms with Gasteiger partial charge < -0.3 is 20.1 Å². The predicted octanol–water partition coefficient (Wildman–Crippen LogP) is 2.22. The van der Waals surface area contributed by atoms with Crippen LogP contribution in [0.5, 0.6) is 11.5 Å². The van der Waals surface area contributed by atoms with Crippen LogP contribution in [-0.4, -0.2) is 27.0 Å². The number of aromatic nitrogens is 4. The molecule has 0 aliphatic carbocycles. The fourth-order valence-corrected chi connectivity index (χ4v) is 2.38. The second-order valence-electron chi connectivity index (χ2n) is 5.38. The number of anilines is 2. The van der Waals surface area contributed by atoms with Gasteiger partial charge in [0, 0.05) is 12.7 Å². The molecule has 1 aromatic carbocycles. The molecule has 4 rings (SSSR count). The molecule has 0 saturated carbocycles. The van der Waals surface area contributed by atoms with Gasteiger partial charge in [0.1, 0.15) is 0 Å². The van der Waals surface area contributed by atoms with Gasteiger partial charge in [0.2, 0.25) is 12.7 Å². The number of nitrogens with zero attached hydrogens (tertiary/aromatic N) is 4. The molecule has 8 nitrogen and oxygen atoms in total. The molecule has 25 heavy (non-hydrogen) atoms. The van der Waals surface area contributed by atoms with E-state index in [0.717, 1.165) is 22.8 Å². The van der Waals surface area contributed by atoms with Crippen molar-refractivity contribution < 1.29 is 9.47 Å². The minimum absolute atomic E-state index is 0.267. The van der Waals surface area contributed by atoms with E-state index in [-0.39, 0.29) is 6.79 Å². The SMILES string of the molecule is c1ccc(CNc2cnnc(NCc3ccc4c(c3)OCO4)n2)nc1. The summed E-state index contributed by atoms with van der Waals surface area (Å²) in [5.41, 5.74) is 1.97. The largest absolute Gasteiger partial charge is 0.454 e. The summed E-state index contributed by atoms with van der Waals surface area (Å²) < 4.78 is 10.7. The Morgan fingerprint density at radius 3 is 2.88 bits per heavy atom. The number of pyridine rings is 1. The zero-order valence-corrected chi connectivity index (χ0v) is 13.3. The zero-order chi connectivity index (χ0) is 16.9. The van der Waals surface area contributed by atoms with Gasteiger partial charge in [-0.05, 0) is 29.8 Å². The molecule has 2 aromatic heterocycles. The van der Waals surface area contributed by atoms with Crippen molar-refractivity contribution in [2.75, 3.05) is 17.4 Å². The van der Waals surface area contributed by atoms with E-state index in [0.29, 0.717) is 24.9 Å². The first-order chi connectivity index (χ1) is 12.4. The lowest BCUT2D eigenvalue weighted by molar-refractivity contribution is 0.174. The quantitative estimate of drug-likeness (QED) is 0.708. The molecular weight excluding hydrogens is 320 g/mol.